The molecule has 2 N–H and O–H groups in total. The van der Waals surface area contributed by atoms with E-state index < -0.39 is 23.8 Å². The van der Waals surface area contributed by atoms with Crippen LogP contribution in [0.25, 0.3) is 0 Å². The molecule has 0 aromatic heterocycles. The molecule has 4 heteroatoms. The monoisotopic (exact) mass is 364 g/mol. The van der Waals surface area contributed by atoms with Crippen LogP contribution in [0.2, 0.25) is 0 Å². The second-order valence-electron chi connectivity index (χ2n) is 8.88. The first-order chi connectivity index (χ1) is 12.1. The van der Waals surface area contributed by atoms with Gasteiger partial charge in [0, 0.05) is 12.8 Å². The minimum Gasteiger partial charge on any atom is -0.459 e. The number of aliphatic hydroxyl groups excluding tert-OH is 1. The predicted molar refractivity (Wildman–Crippen MR) is 103 cm³/mol. The Bertz CT molecular complexity index is 558. The Morgan fingerprint density at radius 3 is 2.65 bits per heavy atom. The summed E-state index contributed by atoms with van der Waals surface area (Å²) in [6.07, 6.45) is 5.38. The summed E-state index contributed by atoms with van der Waals surface area (Å²) < 4.78 is 5.39. The highest BCUT2D eigenvalue weighted by Crippen LogP contribution is 2.52. The molecule has 0 aliphatic heterocycles. The lowest BCUT2D eigenvalue weighted by molar-refractivity contribution is -0.166. The van der Waals surface area contributed by atoms with Gasteiger partial charge in [-0.05, 0) is 70.6 Å². The summed E-state index contributed by atoms with van der Waals surface area (Å²) in [7, 11) is 0. The first-order valence-corrected chi connectivity index (χ1v) is 9.94. The summed E-state index contributed by atoms with van der Waals surface area (Å²) in [5.41, 5.74) is 1.15. The maximum Gasteiger partial charge on any atom is 0.303 e. The Balaban J connectivity index is 2.21. The fraction of sp³-hybridized carbons (Fsp3) is 0.773. The Morgan fingerprint density at radius 2 is 2.08 bits per heavy atom. The van der Waals surface area contributed by atoms with E-state index >= 15 is 0 Å². The van der Waals surface area contributed by atoms with Crippen LogP contribution in [0.1, 0.15) is 66.7 Å². The fourth-order valence-electron chi connectivity index (χ4n) is 5.05. The molecule has 0 aromatic carbocycles. The Kier molecular flexibility index (Phi) is 6.73. The zero-order valence-corrected chi connectivity index (χ0v) is 17.0. The summed E-state index contributed by atoms with van der Waals surface area (Å²) in [5.74, 6) is -0.249. The normalized spacial score (nSPS) is 38.3. The van der Waals surface area contributed by atoms with Crippen LogP contribution in [-0.2, 0) is 9.53 Å². The van der Waals surface area contributed by atoms with Crippen molar-refractivity contribution in [2.75, 3.05) is 0 Å². The molecule has 2 rings (SSSR count). The van der Waals surface area contributed by atoms with Gasteiger partial charge in [-0.25, -0.2) is 0 Å². The molecule has 26 heavy (non-hydrogen) atoms. The molecule has 0 amide bonds. The van der Waals surface area contributed by atoms with E-state index in [4.69, 9.17) is 4.74 Å². The molecule has 0 spiro atoms. The number of fused-ring (bicyclic) bond motifs is 1. The molecule has 0 bridgehead atoms. The van der Waals surface area contributed by atoms with Gasteiger partial charge in [0.05, 0.1) is 6.10 Å². The third-order valence-corrected chi connectivity index (χ3v) is 6.57. The lowest BCUT2D eigenvalue weighted by Gasteiger charge is -2.38. The second kappa shape index (κ2) is 8.26. The van der Waals surface area contributed by atoms with Crippen LogP contribution in [0.3, 0.4) is 0 Å². The van der Waals surface area contributed by atoms with E-state index in [2.05, 4.69) is 33.4 Å². The van der Waals surface area contributed by atoms with Gasteiger partial charge in [-0.15, -0.1) is 0 Å². The van der Waals surface area contributed by atoms with E-state index in [9.17, 15) is 15.0 Å². The van der Waals surface area contributed by atoms with Gasteiger partial charge in [0.1, 0.15) is 11.7 Å². The van der Waals surface area contributed by atoms with Crippen molar-refractivity contribution in [3.8, 4) is 0 Å². The van der Waals surface area contributed by atoms with Crippen molar-refractivity contribution in [3.05, 3.63) is 23.8 Å². The van der Waals surface area contributed by atoms with Gasteiger partial charge in [-0.2, -0.15) is 0 Å². The van der Waals surface area contributed by atoms with E-state index in [1.165, 1.54) is 12.5 Å². The number of aliphatic hydroxyl groups is 2. The molecular formula is C22H36O4. The van der Waals surface area contributed by atoms with Crippen LogP contribution in [0.5, 0.6) is 0 Å². The van der Waals surface area contributed by atoms with E-state index in [0.717, 1.165) is 31.3 Å². The van der Waals surface area contributed by atoms with Crippen molar-refractivity contribution in [1.82, 2.24) is 0 Å². The highest BCUT2D eigenvalue weighted by Gasteiger charge is 2.58. The van der Waals surface area contributed by atoms with Gasteiger partial charge in [0.2, 0.25) is 0 Å². The minimum absolute atomic E-state index is 0.000618. The quantitative estimate of drug-likeness (QED) is 0.571. The van der Waals surface area contributed by atoms with E-state index in [-0.39, 0.29) is 17.8 Å². The molecule has 0 saturated heterocycles. The van der Waals surface area contributed by atoms with Crippen molar-refractivity contribution in [1.29, 1.82) is 0 Å². The molecule has 0 heterocycles. The van der Waals surface area contributed by atoms with Crippen LogP contribution in [-0.4, -0.2) is 34.0 Å². The molecule has 2 fully saturated rings. The highest BCUT2D eigenvalue weighted by atomic mass is 16.6. The number of rotatable bonds is 5. The molecule has 0 radical (unpaired) electrons. The largest absolute Gasteiger partial charge is 0.459 e. The molecular weight excluding hydrogens is 328 g/mol. The molecule has 2 saturated carbocycles. The standard InChI is InChI=1S/C22H36O4/c1-13(2)8-7-9-14(3)17-11-10-15(4)18-12-19(26-16(5)23)22(6,25)20(18)21(17)24/h8,14,17-21,24-25H,4,7,9-12H2,1-3,5-6H3/t14?,17-,18-,19-,20+,21+,22+/m0/s1. The Hall–Kier alpha value is -1.13. The van der Waals surface area contributed by atoms with Gasteiger partial charge >= 0.3 is 5.97 Å². The van der Waals surface area contributed by atoms with Crippen LogP contribution in [0.4, 0.5) is 0 Å². The van der Waals surface area contributed by atoms with Gasteiger partial charge in [0.25, 0.3) is 0 Å². The number of ether oxygens (including phenoxy) is 1. The highest BCUT2D eigenvalue weighted by molar-refractivity contribution is 5.66. The maximum atomic E-state index is 11.4. The zero-order chi connectivity index (χ0) is 19.6. The summed E-state index contributed by atoms with van der Waals surface area (Å²) >= 11 is 0. The molecule has 7 atom stereocenters. The summed E-state index contributed by atoms with van der Waals surface area (Å²) in [4.78, 5) is 11.4. The zero-order valence-electron chi connectivity index (χ0n) is 17.0. The topological polar surface area (TPSA) is 66.8 Å². The lowest BCUT2D eigenvalue weighted by Crippen LogP contribution is -2.49. The molecule has 0 aromatic rings. The number of carbonyl (C=O) groups is 1. The maximum absolute atomic E-state index is 11.4. The second-order valence-corrected chi connectivity index (χ2v) is 8.88. The third kappa shape index (κ3) is 4.40. The smallest absolute Gasteiger partial charge is 0.303 e. The fourth-order valence-corrected chi connectivity index (χ4v) is 5.05. The molecule has 148 valence electrons. The van der Waals surface area contributed by atoms with Crippen LogP contribution in [0.15, 0.2) is 23.8 Å². The minimum atomic E-state index is -1.24. The molecule has 2 aliphatic rings. The van der Waals surface area contributed by atoms with E-state index in [0.29, 0.717) is 12.3 Å². The van der Waals surface area contributed by atoms with E-state index in [1.54, 1.807) is 6.92 Å². The van der Waals surface area contributed by atoms with Gasteiger partial charge in [-0.3, -0.25) is 4.79 Å². The van der Waals surface area contributed by atoms with Crippen molar-refractivity contribution >= 4 is 5.97 Å². The Labute approximate surface area is 158 Å². The molecule has 2 aliphatic carbocycles. The number of allylic oxidation sites excluding steroid dienone is 3. The average Bonchev–Trinajstić information content (AvgIpc) is 2.69. The van der Waals surface area contributed by atoms with Gasteiger partial charge < -0.3 is 14.9 Å². The van der Waals surface area contributed by atoms with Crippen LogP contribution in [0, 0.1) is 23.7 Å². The van der Waals surface area contributed by atoms with Crippen molar-refractivity contribution < 1.29 is 19.7 Å². The summed E-state index contributed by atoms with van der Waals surface area (Å²) in [6, 6.07) is 0. The summed E-state index contributed by atoms with van der Waals surface area (Å²) in [6.45, 7) is 13.7. The number of carbonyl (C=O) groups excluding carboxylic acids is 1. The average molecular weight is 365 g/mol. The van der Waals surface area contributed by atoms with Crippen molar-refractivity contribution in [3.63, 3.8) is 0 Å². The number of esters is 1. The van der Waals surface area contributed by atoms with Crippen LogP contribution < -0.4 is 0 Å². The molecule has 1 unspecified atom stereocenters. The molecule has 4 nitrogen and oxygen atoms in total. The first kappa shape index (κ1) is 21.2. The van der Waals surface area contributed by atoms with Gasteiger partial charge in [-0.1, -0.05) is 30.7 Å². The lowest BCUT2D eigenvalue weighted by atomic mass is 9.73. The van der Waals surface area contributed by atoms with E-state index in [1.807, 2.05) is 0 Å². The summed E-state index contributed by atoms with van der Waals surface area (Å²) in [5, 5.41) is 22.4. The van der Waals surface area contributed by atoms with Gasteiger partial charge in [0.15, 0.2) is 0 Å². The Morgan fingerprint density at radius 1 is 1.42 bits per heavy atom. The predicted octanol–water partition coefficient (Wildman–Crippen LogP) is 4.01. The SMILES string of the molecule is C=C1CC[C@@H](C(C)CCC=C(C)C)[C@@H](O)[C@H]2[C@H]1C[C@H](OC(C)=O)[C@@]2(C)O. The first-order valence-electron chi connectivity index (χ1n) is 9.94. The van der Waals surface area contributed by atoms with Crippen LogP contribution >= 0.6 is 0 Å². The third-order valence-electron chi connectivity index (χ3n) is 6.57. The van der Waals surface area contributed by atoms with Crippen molar-refractivity contribution in [2.24, 2.45) is 23.7 Å². The number of hydrogen-bond donors (Lipinski definition) is 2. The number of hydrogen-bond acceptors (Lipinski definition) is 4. The van der Waals surface area contributed by atoms with Crippen molar-refractivity contribution in [2.45, 2.75) is 84.5 Å².